The van der Waals surface area contributed by atoms with Crippen LogP contribution in [-0.2, 0) is 0 Å². The summed E-state index contributed by atoms with van der Waals surface area (Å²) in [6, 6.07) is 15.5. The highest BCUT2D eigenvalue weighted by Gasteiger charge is 2.14. The molecule has 1 fully saturated rings. The molecule has 0 amide bonds. The number of aromatic nitrogens is 1. The molecular weight excluding hydrogens is 302 g/mol. The van der Waals surface area contributed by atoms with E-state index in [1.165, 1.54) is 21.5 Å². The van der Waals surface area contributed by atoms with Crippen molar-refractivity contribution in [3.05, 3.63) is 47.5 Å². The third-order valence-electron chi connectivity index (χ3n) is 4.56. The van der Waals surface area contributed by atoms with Gasteiger partial charge in [0.2, 0.25) is 0 Å². The van der Waals surface area contributed by atoms with Gasteiger partial charge in [-0.2, -0.15) is 0 Å². The molecule has 3 aromatic rings. The van der Waals surface area contributed by atoms with E-state index in [2.05, 4.69) is 71.2 Å². The summed E-state index contributed by atoms with van der Waals surface area (Å²) in [5.74, 6) is 0. The number of anilines is 1. The number of piperazine rings is 1. The molecule has 0 unspecified atom stereocenters. The quantitative estimate of drug-likeness (QED) is 0.710. The van der Waals surface area contributed by atoms with Crippen molar-refractivity contribution < 1.29 is 0 Å². The summed E-state index contributed by atoms with van der Waals surface area (Å²) in [7, 11) is 2.19. The Morgan fingerprint density at radius 3 is 2.35 bits per heavy atom. The number of rotatable bonds is 2. The van der Waals surface area contributed by atoms with Crippen LogP contribution in [0.15, 0.2) is 42.5 Å². The van der Waals surface area contributed by atoms with Crippen molar-refractivity contribution in [1.82, 2.24) is 9.88 Å². The smallest absolute Gasteiger partial charge is 0.0907 e. The molecule has 3 nitrogen and oxygen atoms in total. The molecule has 2 aromatic carbocycles. The molecule has 23 heavy (non-hydrogen) atoms. The molecule has 1 aromatic heterocycles. The number of thiazole rings is 1. The topological polar surface area (TPSA) is 19.4 Å². The molecule has 4 heteroatoms. The van der Waals surface area contributed by atoms with Crippen LogP contribution in [0.3, 0.4) is 0 Å². The Morgan fingerprint density at radius 2 is 1.61 bits per heavy atom. The molecule has 0 radical (unpaired) electrons. The van der Waals surface area contributed by atoms with Gasteiger partial charge in [-0.05, 0) is 49.4 Å². The molecule has 0 saturated carbocycles. The SMILES string of the molecule is Cc1nc2cc(-c3ccc(N4CCN(C)CC4)cc3)ccc2s1. The Balaban J connectivity index is 1.59. The van der Waals surface area contributed by atoms with Gasteiger partial charge in [-0.15, -0.1) is 11.3 Å². The maximum absolute atomic E-state index is 4.60. The zero-order valence-electron chi connectivity index (χ0n) is 13.6. The first-order valence-corrected chi connectivity index (χ1v) is 8.92. The summed E-state index contributed by atoms with van der Waals surface area (Å²) in [5, 5.41) is 1.13. The standard InChI is InChI=1S/C19H21N3S/c1-14-20-18-13-16(5-8-19(18)23-14)15-3-6-17(7-4-15)22-11-9-21(2)10-12-22/h3-8,13H,9-12H2,1-2H3. The van der Waals surface area contributed by atoms with E-state index in [0.29, 0.717) is 0 Å². The van der Waals surface area contributed by atoms with E-state index in [0.717, 1.165) is 36.7 Å². The molecule has 1 aliphatic heterocycles. The van der Waals surface area contributed by atoms with Gasteiger partial charge in [-0.1, -0.05) is 18.2 Å². The molecule has 0 atom stereocenters. The lowest BCUT2D eigenvalue weighted by Gasteiger charge is -2.34. The number of hydrogen-bond donors (Lipinski definition) is 0. The van der Waals surface area contributed by atoms with Gasteiger partial charge in [0, 0.05) is 31.9 Å². The van der Waals surface area contributed by atoms with E-state index in [-0.39, 0.29) is 0 Å². The Labute approximate surface area is 141 Å². The highest BCUT2D eigenvalue weighted by Crippen LogP contribution is 2.29. The lowest BCUT2D eigenvalue weighted by molar-refractivity contribution is 0.313. The van der Waals surface area contributed by atoms with Gasteiger partial charge in [0.25, 0.3) is 0 Å². The van der Waals surface area contributed by atoms with Gasteiger partial charge < -0.3 is 9.80 Å². The van der Waals surface area contributed by atoms with E-state index < -0.39 is 0 Å². The van der Waals surface area contributed by atoms with Gasteiger partial charge in [-0.3, -0.25) is 0 Å². The van der Waals surface area contributed by atoms with E-state index in [1.807, 2.05) is 0 Å². The zero-order valence-corrected chi connectivity index (χ0v) is 14.4. The van der Waals surface area contributed by atoms with E-state index >= 15 is 0 Å². The highest BCUT2D eigenvalue weighted by molar-refractivity contribution is 7.18. The maximum Gasteiger partial charge on any atom is 0.0907 e. The number of hydrogen-bond acceptors (Lipinski definition) is 4. The second-order valence-electron chi connectivity index (χ2n) is 6.25. The van der Waals surface area contributed by atoms with Crippen LogP contribution in [0.5, 0.6) is 0 Å². The van der Waals surface area contributed by atoms with Crippen molar-refractivity contribution in [2.24, 2.45) is 0 Å². The van der Waals surface area contributed by atoms with Gasteiger partial charge in [-0.25, -0.2) is 4.98 Å². The zero-order chi connectivity index (χ0) is 15.8. The average molecular weight is 323 g/mol. The van der Waals surface area contributed by atoms with Crippen LogP contribution in [0, 0.1) is 6.92 Å². The molecule has 0 aliphatic carbocycles. The lowest BCUT2D eigenvalue weighted by atomic mass is 10.0. The first-order valence-electron chi connectivity index (χ1n) is 8.10. The van der Waals surface area contributed by atoms with Crippen LogP contribution < -0.4 is 4.90 Å². The Kier molecular flexibility index (Phi) is 3.79. The summed E-state index contributed by atoms with van der Waals surface area (Å²) < 4.78 is 1.26. The minimum atomic E-state index is 1.10. The average Bonchev–Trinajstić information content (AvgIpc) is 2.95. The fraction of sp³-hybridized carbons (Fsp3) is 0.316. The van der Waals surface area contributed by atoms with Crippen LogP contribution in [0.25, 0.3) is 21.3 Å². The molecule has 0 spiro atoms. The van der Waals surface area contributed by atoms with Crippen LogP contribution in [0.1, 0.15) is 5.01 Å². The first-order chi connectivity index (χ1) is 11.2. The minimum absolute atomic E-state index is 1.10. The molecule has 2 heterocycles. The monoisotopic (exact) mass is 323 g/mol. The summed E-state index contributed by atoms with van der Waals surface area (Å²) in [6.45, 7) is 6.57. The second-order valence-corrected chi connectivity index (χ2v) is 7.49. The van der Waals surface area contributed by atoms with Crippen molar-refractivity contribution in [2.45, 2.75) is 6.92 Å². The number of nitrogens with zero attached hydrogens (tertiary/aromatic N) is 3. The second kappa shape index (κ2) is 5.95. The van der Waals surface area contributed by atoms with Gasteiger partial charge in [0.05, 0.1) is 15.2 Å². The van der Waals surface area contributed by atoms with Gasteiger partial charge in [0.15, 0.2) is 0 Å². The van der Waals surface area contributed by atoms with Crippen LogP contribution >= 0.6 is 11.3 Å². The Bertz CT molecular complexity index is 814. The molecule has 1 saturated heterocycles. The normalized spacial score (nSPS) is 16.2. The van der Waals surface area contributed by atoms with Crippen LogP contribution in [0.2, 0.25) is 0 Å². The molecular formula is C19H21N3S. The Morgan fingerprint density at radius 1 is 0.913 bits per heavy atom. The first kappa shape index (κ1) is 14.7. The summed E-state index contributed by atoms with van der Waals surface area (Å²) >= 11 is 1.76. The summed E-state index contributed by atoms with van der Waals surface area (Å²) in [6.07, 6.45) is 0. The highest BCUT2D eigenvalue weighted by atomic mass is 32.1. The van der Waals surface area contributed by atoms with E-state index in [1.54, 1.807) is 11.3 Å². The van der Waals surface area contributed by atoms with Crippen LogP contribution in [0.4, 0.5) is 5.69 Å². The van der Waals surface area contributed by atoms with E-state index in [4.69, 9.17) is 0 Å². The van der Waals surface area contributed by atoms with Gasteiger partial charge >= 0.3 is 0 Å². The van der Waals surface area contributed by atoms with Gasteiger partial charge in [0.1, 0.15) is 0 Å². The minimum Gasteiger partial charge on any atom is -0.369 e. The van der Waals surface area contributed by atoms with Crippen molar-refractivity contribution in [3.63, 3.8) is 0 Å². The van der Waals surface area contributed by atoms with Crippen molar-refractivity contribution in [1.29, 1.82) is 0 Å². The third kappa shape index (κ3) is 2.96. The number of aryl methyl sites for hydroxylation is 1. The third-order valence-corrected chi connectivity index (χ3v) is 5.52. The number of benzene rings is 2. The fourth-order valence-electron chi connectivity index (χ4n) is 3.15. The maximum atomic E-state index is 4.60. The molecule has 1 aliphatic rings. The molecule has 4 rings (SSSR count). The molecule has 118 valence electrons. The number of likely N-dealkylation sites (N-methyl/N-ethyl adjacent to an activating group) is 1. The van der Waals surface area contributed by atoms with Crippen molar-refractivity contribution >= 4 is 27.2 Å². The lowest BCUT2D eigenvalue weighted by Crippen LogP contribution is -2.44. The predicted molar refractivity (Wildman–Crippen MR) is 99.5 cm³/mol. The summed E-state index contributed by atoms with van der Waals surface area (Å²) in [4.78, 5) is 9.46. The summed E-state index contributed by atoms with van der Waals surface area (Å²) in [5.41, 5.74) is 4.93. The van der Waals surface area contributed by atoms with Crippen molar-refractivity contribution in [3.8, 4) is 11.1 Å². The predicted octanol–water partition coefficient (Wildman–Crippen LogP) is 4.02. The molecule has 0 N–H and O–H groups in total. The van der Waals surface area contributed by atoms with Crippen molar-refractivity contribution in [2.75, 3.05) is 38.1 Å². The molecule has 0 bridgehead atoms. The van der Waals surface area contributed by atoms with E-state index in [9.17, 15) is 0 Å². The largest absolute Gasteiger partial charge is 0.369 e. The number of fused-ring (bicyclic) bond motifs is 1. The fourth-order valence-corrected chi connectivity index (χ4v) is 3.96. The Hall–Kier alpha value is -1.91. The van der Waals surface area contributed by atoms with Crippen LogP contribution in [-0.4, -0.2) is 43.1 Å².